The average molecular weight is 157 g/mol. The molecule has 11 heavy (non-hydrogen) atoms. The molecule has 0 aliphatic carbocycles. The van der Waals surface area contributed by atoms with E-state index in [2.05, 4.69) is 6.58 Å². The molecule has 0 aromatic carbocycles. The van der Waals surface area contributed by atoms with Crippen LogP contribution in [0, 0.1) is 0 Å². The average Bonchev–Trinajstić information content (AvgIpc) is 1.88. The van der Waals surface area contributed by atoms with Crippen LogP contribution in [0.1, 0.15) is 20.8 Å². The van der Waals surface area contributed by atoms with E-state index in [9.17, 15) is 4.79 Å². The Balaban J connectivity index is 4.26. The molecule has 64 valence electrons. The fourth-order valence-electron chi connectivity index (χ4n) is 0.707. The van der Waals surface area contributed by atoms with Gasteiger partial charge in [-0.2, -0.15) is 0 Å². The minimum absolute atomic E-state index is 0.0178. The van der Waals surface area contributed by atoms with Crippen LogP contribution in [0.5, 0.6) is 0 Å². The summed E-state index contributed by atoms with van der Waals surface area (Å²) in [5.41, 5.74) is 0.452. The van der Waals surface area contributed by atoms with Crippen molar-refractivity contribution < 1.29 is 9.90 Å². The topological polar surface area (TPSA) is 40.5 Å². The summed E-state index contributed by atoms with van der Waals surface area (Å²) >= 11 is 0. The highest BCUT2D eigenvalue weighted by Crippen LogP contribution is 2.02. The lowest BCUT2D eigenvalue weighted by Gasteiger charge is -2.23. The Bertz CT molecular complexity index is 163. The minimum Gasteiger partial charge on any atom is -0.376 e. The summed E-state index contributed by atoms with van der Waals surface area (Å²) in [6.45, 7) is 8.58. The molecular weight excluding hydrogens is 142 g/mol. The van der Waals surface area contributed by atoms with Crippen molar-refractivity contribution in [3.63, 3.8) is 0 Å². The van der Waals surface area contributed by atoms with Gasteiger partial charge in [-0.25, -0.2) is 0 Å². The van der Waals surface area contributed by atoms with E-state index in [1.807, 2.05) is 13.8 Å². The van der Waals surface area contributed by atoms with Gasteiger partial charge >= 0.3 is 0 Å². The number of carbonyl (C=O) groups excluding carboxylic acids is 1. The number of aliphatic hydroxyl groups is 1. The second-order valence-corrected chi connectivity index (χ2v) is 2.79. The predicted molar refractivity (Wildman–Crippen MR) is 43.9 cm³/mol. The fourth-order valence-corrected chi connectivity index (χ4v) is 0.707. The van der Waals surface area contributed by atoms with Gasteiger partial charge in [-0.3, -0.25) is 4.79 Å². The highest BCUT2D eigenvalue weighted by Gasteiger charge is 2.15. The van der Waals surface area contributed by atoms with Crippen molar-refractivity contribution in [2.24, 2.45) is 0 Å². The molecular formula is C8H15NO2. The molecule has 0 bridgehead atoms. The van der Waals surface area contributed by atoms with Gasteiger partial charge in [0.1, 0.15) is 6.73 Å². The van der Waals surface area contributed by atoms with Crippen LogP contribution < -0.4 is 0 Å². The van der Waals surface area contributed by atoms with Gasteiger partial charge in [-0.15, -0.1) is 0 Å². The van der Waals surface area contributed by atoms with Gasteiger partial charge < -0.3 is 10.0 Å². The van der Waals surface area contributed by atoms with Crippen molar-refractivity contribution in [3.05, 3.63) is 12.2 Å². The van der Waals surface area contributed by atoms with Gasteiger partial charge in [0.25, 0.3) is 5.91 Å². The minimum atomic E-state index is -0.247. The van der Waals surface area contributed by atoms with Crippen molar-refractivity contribution in [1.29, 1.82) is 0 Å². The number of amides is 1. The van der Waals surface area contributed by atoms with Gasteiger partial charge in [0.15, 0.2) is 0 Å². The lowest BCUT2D eigenvalue weighted by Crippen LogP contribution is -2.37. The summed E-state index contributed by atoms with van der Waals surface area (Å²) in [6.07, 6.45) is 0. The molecule has 0 aromatic rings. The van der Waals surface area contributed by atoms with Gasteiger partial charge in [-0.05, 0) is 20.8 Å². The SMILES string of the molecule is C=C(C)C(=O)N(CO)C(C)C. The molecule has 1 N–H and O–H groups in total. The van der Waals surface area contributed by atoms with Gasteiger partial charge in [0, 0.05) is 11.6 Å². The summed E-state index contributed by atoms with van der Waals surface area (Å²) < 4.78 is 0. The molecule has 0 rings (SSSR count). The monoisotopic (exact) mass is 157 g/mol. The van der Waals surface area contributed by atoms with Crippen LogP contribution in [0.4, 0.5) is 0 Å². The maximum absolute atomic E-state index is 11.2. The summed E-state index contributed by atoms with van der Waals surface area (Å²) in [6, 6.07) is 0.0178. The van der Waals surface area contributed by atoms with Crippen LogP contribution in [-0.2, 0) is 4.79 Å². The molecule has 0 unspecified atom stereocenters. The van der Waals surface area contributed by atoms with Crippen molar-refractivity contribution >= 4 is 5.91 Å². The Hall–Kier alpha value is -0.830. The maximum Gasteiger partial charge on any atom is 0.250 e. The van der Waals surface area contributed by atoms with Crippen LogP contribution in [-0.4, -0.2) is 28.7 Å². The highest BCUT2D eigenvalue weighted by molar-refractivity contribution is 5.92. The van der Waals surface area contributed by atoms with Crippen molar-refractivity contribution in [1.82, 2.24) is 4.90 Å². The molecule has 3 nitrogen and oxygen atoms in total. The number of hydrogen-bond donors (Lipinski definition) is 1. The molecule has 0 aromatic heterocycles. The van der Waals surface area contributed by atoms with Crippen molar-refractivity contribution in [2.45, 2.75) is 26.8 Å². The summed E-state index contributed by atoms with van der Waals surface area (Å²) in [7, 11) is 0. The number of hydrogen-bond acceptors (Lipinski definition) is 2. The number of aliphatic hydroxyl groups excluding tert-OH is 1. The Morgan fingerprint density at radius 3 is 2.18 bits per heavy atom. The first-order valence-electron chi connectivity index (χ1n) is 3.58. The predicted octanol–water partition coefficient (Wildman–Crippen LogP) is 0.749. The van der Waals surface area contributed by atoms with E-state index in [1.165, 1.54) is 4.90 Å². The first-order chi connectivity index (χ1) is 5.00. The highest BCUT2D eigenvalue weighted by atomic mass is 16.3. The Morgan fingerprint density at radius 2 is 2.09 bits per heavy atom. The number of carbonyl (C=O) groups is 1. The molecule has 0 spiro atoms. The zero-order valence-electron chi connectivity index (χ0n) is 7.29. The summed E-state index contributed by atoms with van der Waals surface area (Å²) in [4.78, 5) is 12.5. The second kappa shape index (κ2) is 4.13. The van der Waals surface area contributed by atoms with E-state index >= 15 is 0 Å². The molecule has 0 aliphatic heterocycles. The molecule has 3 heteroatoms. The zero-order chi connectivity index (χ0) is 9.02. The number of rotatable bonds is 3. The summed E-state index contributed by atoms with van der Waals surface area (Å²) in [5.74, 6) is -0.192. The largest absolute Gasteiger partial charge is 0.376 e. The van der Waals surface area contributed by atoms with E-state index in [4.69, 9.17) is 5.11 Å². The van der Waals surface area contributed by atoms with Crippen molar-refractivity contribution in [3.8, 4) is 0 Å². The Morgan fingerprint density at radius 1 is 1.64 bits per heavy atom. The van der Waals surface area contributed by atoms with Crippen molar-refractivity contribution in [2.75, 3.05) is 6.73 Å². The zero-order valence-corrected chi connectivity index (χ0v) is 7.29. The fraction of sp³-hybridized carbons (Fsp3) is 0.625. The maximum atomic E-state index is 11.2. The molecule has 0 fully saturated rings. The number of nitrogens with zero attached hydrogens (tertiary/aromatic N) is 1. The molecule has 0 atom stereocenters. The first kappa shape index (κ1) is 10.2. The Labute approximate surface area is 67.3 Å². The quantitative estimate of drug-likeness (QED) is 0.485. The van der Waals surface area contributed by atoms with Crippen LogP contribution in [0.2, 0.25) is 0 Å². The molecule has 0 radical (unpaired) electrons. The molecule has 0 saturated carbocycles. The second-order valence-electron chi connectivity index (χ2n) is 2.79. The van der Waals surface area contributed by atoms with Gasteiger partial charge in [0.2, 0.25) is 0 Å². The van der Waals surface area contributed by atoms with Crippen LogP contribution in [0.25, 0.3) is 0 Å². The van der Waals surface area contributed by atoms with E-state index in [0.29, 0.717) is 5.57 Å². The summed E-state index contributed by atoms with van der Waals surface area (Å²) in [5, 5.41) is 8.78. The van der Waals surface area contributed by atoms with Crippen LogP contribution in [0.3, 0.4) is 0 Å². The third kappa shape index (κ3) is 2.72. The third-order valence-electron chi connectivity index (χ3n) is 1.40. The normalized spacial score (nSPS) is 9.91. The molecule has 0 heterocycles. The lowest BCUT2D eigenvalue weighted by atomic mass is 10.2. The van der Waals surface area contributed by atoms with Gasteiger partial charge in [-0.1, -0.05) is 6.58 Å². The third-order valence-corrected chi connectivity index (χ3v) is 1.40. The van der Waals surface area contributed by atoms with E-state index in [-0.39, 0.29) is 18.7 Å². The van der Waals surface area contributed by atoms with E-state index in [0.717, 1.165) is 0 Å². The van der Waals surface area contributed by atoms with Crippen LogP contribution >= 0.6 is 0 Å². The lowest BCUT2D eigenvalue weighted by molar-refractivity contribution is -0.132. The van der Waals surface area contributed by atoms with Crippen LogP contribution in [0.15, 0.2) is 12.2 Å². The van der Waals surface area contributed by atoms with E-state index in [1.54, 1.807) is 6.92 Å². The molecule has 0 saturated heterocycles. The smallest absolute Gasteiger partial charge is 0.250 e. The standard InChI is InChI=1S/C8H15NO2/c1-6(2)8(11)9(5-10)7(3)4/h7,10H,1,5H2,2-4H3. The Kier molecular flexibility index (Phi) is 3.82. The van der Waals surface area contributed by atoms with Gasteiger partial charge in [0.05, 0.1) is 0 Å². The first-order valence-corrected chi connectivity index (χ1v) is 3.58. The molecule has 1 amide bonds. The molecule has 0 aliphatic rings. The van der Waals surface area contributed by atoms with E-state index < -0.39 is 0 Å².